The van der Waals surface area contributed by atoms with Crippen LogP contribution in [-0.2, 0) is 25.8 Å². The van der Waals surface area contributed by atoms with Gasteiger partial charge in [0.2, 0.25) is 0 Å². The van der Waals surface area contributed by atoms with Gasteiger partial charge in [-0.2, -0.15) is 0 Å². The van der Waals surface area contributed by atoms with Gasteiger partial charge in [-0.3, -0.25) is 4.79 Å². The number of nitrogens with zero attached hydrogens (tertiary/aromatic N) is 2. The normalized spacial score (nSPS) is 16.7. The van der Waals surface area contributed by atoms with Crippen molar-refractivity contribution in [2.75, 3.05) is 12.3 Å². The maximum absolute atomic E-state index is 13.2. The molecule has 2 N–H and O–H groups in total. The van der Waals surface area contributed by atoms with Crippen molar-refractivity contribution in [3.05, 3.63) is 57.6 Å². The summed E-state index contributed by atoms with van der Waals surface area (Å²) in [5.74, 6) is 0.0418. The van der Waals surface area contributed by atoms with E-state index in [1.807, 2.05) is 11.0 Å². The average Bonchev–Trinajstić information content (AvgIpc) is 2.87. The molecular formula is C22H23N3OS. The number of nitrogens with two attached hydrogens (primary N) is 1. The Hall–Kier alpha value is -2.40. The van der Waals surface area contributed by atoms with Crippen LogP contribution in [-0.4, -0.2) is 22.3 Å². The molecule has 3 aromatic rings. The van der Waals surface area contributed by atoms with Crippen molar-refractivity contribution in [1.29, 1.82) is 0 Å². The SMILES string of the molecule is Nc1c(C(=O)N2CCc3ccccc3C2)sc2nc3c(cc12)CCCCC3. The van der Waals surface area contributed by atoms with E-state index in [2.05, 4.69) is 24.3 Å². The van der Waals surface area contributed by atoms with Crippen LogP contribution in [0.25, 0.3) is 10.2 Å². The van der Waals surface area contributed by atoms with Crippen LogP contribution in [0.3, 0.4) is 0 Å². The molecule has 4 nitrogen and oxygen atoms in total. The molecule has 2 aromatic heterocycles. The Morgan fingerprint density at radius 3 is 2.74 bits per heavy atom. The lowest BCUT2D eigenvalue weighted by Crippen LogP contribution is -2.35. The topological polar surface area (TPSA) is 59.2 Å². The van der Waals surface area contributed by atoms with Gasteiger partial charge >= 0.3 is 0 Å². The smallest absolute Gasteiger partial charge is 0.266 e. The number of fused-ring (bicyclic) bond motifs is 3. The van der Waals surface area contributed by atoms with Crippen molar-refractivity contribution < 1.29 is 4.79 Å². The number of aryl methyl sites for hydroxylation is 2. The fourth-order valence-electron chi connectivity index (χ4n) is 4.31. The highest BCUT2D eigenvalue weighted by Gasteiger charge is 2.26. The summed E-state index contributed by atoms with van der Waals surface area (Å²) in [6.45, 7) is 1.40. The van der Waals surface area contributed by atoms with Crippen LogP contribution >= 0.6 is 11.3 Å². The minimum atomic E-state index is 0.0418. The average molecular weight is 378 g/mol. The summed E-state index contributed by atoms with van der Waals surface area (Å²) >= 11 is 1.46. The Morgan fingerprint density at radius 2 is 1.85 bits per heavy atom. The molecule has 3 heterocycles. The molecule has 0 saturated heterocycles. The summed E-state index contributed by atoms with van der Waals surface area (Å²) in [6.07, 6.45) is 6.68. The lowest BCUT2D eigenvalue weighted by atomic mass is 10.00. The third-order valence-electron chi connectivity index (χ3n) is 5.86. The van der Waals surface area contributed by atoms with Crippen LogP contribution in [0.2, 0.25) is 0 Å². The number of rotatable bonds is 1. The van der Waals surface area contributed by atoms with Crippen LogP contribution < -0.4 is 5.73 Å². The second-order valence-electron chi connectivity index (χ2n) is 7.60. The quantitative estimate of drug-likeness (QED) is 0.642. The molecule has 2 aliphatic rings. The van der Waals surface area contributed by atoms with Crippen molar-refractivity contribution in [2.24, 2.45) is 0 Å². The van der Waals surface area contributed by atoms with Crippen LogP contribution in [0.4, 0.5) is 5.69 Å². The molecule has 5 heteroatoms. The van der Waals surface area contributed by atoms with Crippen molar-refractivity contribution in [2.45, 2.75) is 45.1 Å². The lowest BCUT2D eigenvalue weighted by Gasteiger charge is -2.28. The fraction of sp³-hybridized carbons (Fsp3) is 0.364. The summed E-state index contributed by atoms with van der Waals surface area (Å²) in [4.78, 5) is 21.6. The minimum absolute atomic E-state index is 0.0418. The summed E-state index contributed by atoms with van der Waals surface area (Å²) in [6, 6.07) is 10.6. The van der Waals surface area contributed by atoms with Gasteiger partial charge in [0.15, 0.2) is 0 Å². The summed E-state index contributed by atoms with van der Waals surface area (Å²) in [5, 5.41) is 0.960. The third kappa shape index (κ3) is 2.90. The third-order valence-corrected chi connectivity index (χ3v) is 6.96. The molecule has 1 aromatic carbocycles. The number of hydrogen-bond donors (Lipinski definition) is 1. The zero-order chi connectivity index (χ0) is 18.4. The number of hydrogen-bond acceptors (Lipinski definition) is 4. The zero-order valence-electron chi connectivity index (χ0n) is 15.3. The first-order chi connectivity index (χ1) is 13.2. The van der Waals surface area contributed by atoms with E-state index in [0.29, 0.717) is 17.1 Å². The molecule has 0 unspecified atom stereocenters. The Bertz CT molecular complexity index is 1040. The number of carbonyl (C=O) groups is 1. The number of pyridine rings is 1. The molecule has 138 valence electrons. The molecule has 5 rings (SSSR count). The molecule has 0 radical (unpaired) electrons. The van der Waals surface area contributed by atoms with Crippen molar-refractivity contribution >= 4 is 33.1 Å². The molecule has 1 amide bonds. The number of thiophene rings is 1. The van der Waals surface area contributed by atoms with Crippen molar-refractivity contribution in [3.8, 4) is 0 Å². The highest BCUT2D eigenvalue weighted by Crippen LogP contribution is 2.36. The Kier molecular flexibility index (Phi) is 4.12. The Morgan fingerprint density at radius 1 is 1.04 bits per heavy atom. The number of nitrogen functional groups attached to an aromatic ring is 1. The summed E-state index contributed by atoms with van der Waals surface area (Å²) in [7, 11) is 0. The molecular weight excluding hydrogens is 354 g/mol. The molecule has 0 bridgehead atoms. The molecule has 0 atom stereocenters. The maximum Gasteiger partial charge on any atom is 0.266 e. The van der Waals surface area contributed by atoms with E-state index in [9.17, 15) is 4.79 Å². The number of aromatic nitrogens is 1. The van der Waals surface area contributed by atoms with Gasteiger partial charge in [0, 0.05) is 24.2 Å². The van der Waals surface area contributed by atoms with E-state index < -0.39 is 0 Å². The van der Waals surface area contributed by atoms with E-state index in [4.69, 9.17) is 10.7 Å². The summed E-state index contributed by atoms with van der Waals surface area (Å²) < 4.78 is 0. The molecule has 1 aliphatic heterocycles. The molecule has 0 saturated carbocycles. The monoisotopic (exact) mass is 377 g/mol. The van der Waals surface area contributed by atoms with Crippen molar-refractivity contribution in [3.63, 3.8) is 0 Å². The number of anilines is 1. The molecule has 0 spiro atoms. The number of benzene rings is 1. The lowest BCUT2D eigenvalue weighted by molar-refractivity contribution is 0.0740. The molecule has 1 aliphatic carbocycles. The van der Waals surface area contributed by atoms with Crippen LogP contribution in [0.15, 0.2) is 30.3 Å². The van der Waals surface area contributed by atoms with Gasteiger partial charge < -0.3 is 10.6 Å². The predicted octanol–water partition coefficient (Wildman–Crippen LogP) is 4.35. The maximum atomic E-state index is 13.2. The predicted molar refractivity (Wildman–Crippen MR) is 110 cm³/mol. The molecule has 27 heavy (non-hydrogen) atoms. The van der Waals surface area contributed by atoms with E-state index in [0.717, 1.165) is 36.0 Å². The first-order valence-electron chi connectivity index (χ1n) is 9.77. The van der Waals surface area contributed by atoms with E-state index in [1.54, 1.807) is 0 Å². The Labute approximate surface area is 163 Å². The zero-order valence-corrected chi connectivity index (χ0v) is 16.1. The van der Waals surface area contributed by atoms with Gasteiger partial charge in [-0.25, -0.2) is 4.98 Å². The van der Waals surface area contributed by atoms with Gasteiger partial charge in [0.1, 0.15) is 9.71 Å². The fourth-order valence-corrected chi connectivity index (χ4v) is 5.37. The second kappa shape index (κ2) is 6.64. The van der Waals surface area contributed by atoms with Gasteiger partial charge in [-0.05, 0) is 54.9 Å². The van der Waals surface area contributed by atoms with Crippen molar-refractivity contribution in [1.82, 2.24) is 9.88 Å². The largest absolute Gasteiger partial charge is 0.397 e. The highest BCUT2D eigenvalue weighted by atomic mass is 32.1. The van der Waals surface area contributed by atoms with E-state index in [1.165, 1.54) is 53.0 Å². The van der Waals surface area contributed by atoms with Gasteiger partial charge in [0.05, 0.1) is 5.69 Å². The van der Waals surface area contributed by atoms with E-state index >= 15 is 0 Å². The first kappa shape index (κ1) is 16.8. The van der Waals surface area contributed by atoms with E-state index in [-0.39, 0.29) is 5.91 Å². The van der Waals surface area contributed by atoms with Crippen LogP contribution in [0.5, 0.6) is 0 Å². The van der Waals surface area contributed by atoms with Gasteiger partial charge in [0.25, 0.3) is 5.91 Å². The second-order valence-corrected chi connectivity index (χ2v) is 8.60. The Balaban J connectivity index is 1.50. The highest BCUT2D eigenvalue weighted by molar-refractivity contribution is 7.21. The first-order valence-corrected chi connectivity index (χ1v) is 10.6. The summed E-state index contributed by atoms with van der Waals surface area (Å²) in [5.41, 5.74) is 12.1. The molecule has 0 fully saturated rings. The minimum Gasteiger partial charge on any atom is -0.397 e. The van der Waals surface area contributed by atoms with Gasteiger partial charge in [-0.1, -0.05) is 30.7 Å². The van der Waals surface area contributed by atoms with Crippen LogP contribution in [0.1, 0.15) is 51.3 Å². The van der Waals surface area contributed by atoms with Crippen LogP contribution in [0, 0.1) is 0 Å². The number of amides is 1. The standard InChI is InChI=1S/C22H23N3OS/c23-19-17-12-15-7-2-1-3-9-18(15)24-21(17)27-20(19)22(26)25-11-10-14-6-4-5-8-16(14)13-25/h4-6,8,12H,1-3,7,9-11,13,23H2. The number of carbonyl (C=O) groups excluding carboxylic acids is 1. The van der Waals surface area contributed by atoms with Gasteiger partial charge in [-0.15, -0.1) is 11.3 Å².